The van der Waals surface area contributed by atoms with Crippen molar-refractivity contribution in [1.82, 2.24) is 0 Å². The summed E-state index contributed by atoms with van der Waals surface area (Å²) in [5, 5.41) is 4.17. The van der Waals surface area contributed by atoms with Crippen LogP contribution in [0.4, 0.5) is 0 Å². The molecular weight excluding hydrogens is 1160 g/mol. The van der Waals surface area contributed by atoms with Crippen molar-refractivity contribution in [2.45, 2.75) is 156 Å². The van der Waals surface area contributed by atoms with Crippen LogP contribution in [0, 0.1) is 23.7 Å². The van der Waals surface area contributed by atoms with Gasteiger partial charge >= 0.3 is 11.9 Å². The van der Waals surface area contributed by atoms with Crippen LogP contribution in [0.1, 0.15) is 116 Å². The first-order valence-corrected chi connectivity index (χ1v) is 36.3. The largest absolute Gasteiger partial charge is 0.466 e. The van der Waals surface area contributed by atoms with Crippen LogP contribution in [-0.4, -0.2) is 74.7 Å². The predicted octanol–water partition coefficient (Wildman–Crippen LogP) is 14.7. The van der Waals surface area contributed by atoms with Crippen LogP contribution < -0.4 is 20.7 Å². The SMILES string of the molecule is COC(=O)[C@]1(OC(=O)CC(=O)/C(C)=C/[C@@H](C)C[C@H](C)[C@@H](C=C(Br)Br)O[Si](c2ccccc2)(c2ccccc2)C(C)(C)C)C[C@@H](C)C(CO[Si](c2ccccc2)(c2ccccc2)C(C)(C)C)=C[C@H]1/C=C(\C)CO[Si](C)(C)C(C)(C)C. The van der Waals surface area contributed by atoms with E-state index >= 15 is 0 Å². The Hall–Kier alpha value is -4.06. The molecular formula is C66H90Br2O8Si3. The molecule has 0 saturated heterocycles. The van der Waals surface area contributed by atoms with Crippen LogP contribution in [0.15, 0.2) is 166 Å². The van der Waals surface area contributed by atoms with Crippen molar-refractivity contribution in [3.05, 3.63) is 166 Å². The highest BCUT2D eigenvalue weighted by atomic mass is 79.9. The van der Waals surface area contributed by atoms with E-state index in [1.807, 2.05) is 56.3 Å². The minimum Gasteiger partial charge on any atom is -0.466 e. The number of halogens is 2. The lowest BCUT2D eigenvalue weighted by Gasteiger charge is -2.46. The van der Waals surface area contributed by atoms with Crippen molar-refractivity contribution in [2.75, 3.05) is 20.3 Å². The number of hydrogen-bond donors (Lipinski definition) is 0. The molecule has 0 aromatic heterocycles. The summed E-state index contributed by atoms with van der Waals surface area (Å²) in [4.78, 5) is 43.2. The lowest BCUT2D eigenvalue weighted by atomic mass is 9.71. The minimum atomic E-state index is -2.97. The number of Topliss-reactive ketones (excluding diaryl/α,β-unsaturated/α-hetero) is 1. The molecule has 0 amide bonds. The summed E-state index contributed by atoms with van der Waals surface area (Å²) < 4.78 is 34.6. The second-order valence-electron chi connectivity index (χ2n) is 25.6. The van der Waals surface area contributed by atoms with Crippen molar-refractivity contribution in [2.24, 2.45) is 23.7 Å². The van der Waals surface area contributed by atoms with Gasteiger partial charge in [-0.1, -0.05) is 228 Å². The van der Waals surface area contributed by atoms with Crippen LogP contribution in [0.3, 0.4) is 0 Å². The van der Waals surface area contributed by atoms with Gasteiger partial charge in [-0.2, -0.15) is 0 Å². The fourth-order valence-corrected chi connectivity index (χ4v) is 21.9. The van der Waals surface area contributed by atoms with Crippen molar-refractivity contribution >= 4 is 95.3 Å². The first-order valence-electron chi connectivity index (χ1n) is 28.0. The fourth-order valence-electron chi connectivity index (χ4n) is 11.1. The van der Waals surface area contributed by atoms with E-state index in [0.717, 1.165) is 24.9 Å². The highest BCUT2D eigenvalue weighted by molar-refractivity contribution is 9.28. The van der Waals surface area contributed by atoms with Gasteiger partial charge in [-0.25, -0.2) is 4.79 Å². The molecule has 0 saturated carbocycles. The lowest BCUT2D eigenvalue weighted by molar-refractivity contribution is -0.187. The summed E-state index contributed by atoms with van der Waals surface area (Å²) in [5.74, 6) is -2.95. The van der Waals surface area contributed by atoms with Gasteiger partial charge in [0.15, 0.2) is 14.1 Å². The van der Waals surface area contributed by atoms with Gasteiger partial charge in [0, 0.05) is 12.3 Å². The number of methoxy groups -OCH3 is 1. The quantitative estimate of drug-likeness (QED) is 0.0238. The van der Waals surface area contributed by atoms with Crippen molar-refractivity contribution in [3.8, 4) is 0 Å². The molecule has 8 nitrogen and oxygen atoms in total. The van der Waals surface area contributed by atoms with E-state index in [4.69, 9.17) is 22.8 Å². The van der Waals surface area contributed by atoms with Crippen molar-refractivity contribution < 1.29 is 37.1 Å². The fraction of sp³-hybridized carbons (Fsp3) is 0.470. The monoisotopic (exact) mass is 1250 g/mol. The molecule has 428 valence electrons. The van der Waals surface area contributed by atoms with E-state index in [2.05, 4.69) is 224 Å². The van der Waals surface area contributed by atoms with E-state index in [1.54, 1.807) is 6.92 Å². The third-order valence-electron chi connectivity index (χ3n) is 16.4. The van der Waals surface area contributed by atoms with E-state index < -0.39 is 54.8 Å². The lowest BCUT2D eigenvalue weighted by Crippen LogP contribution is -2.68. The Kier molecular flexibility index (Phi) is 22.8. The zero-order chi connectivity index (χ0) is 58.8. The van der Waals surface area contributed by atoms with Gasteiger partial charge in [-0.15, -0.1) is 0 Å². The summed E-state index contributed by atoms with van der Waals surface area (Å²) >= 11 is 7.32. The van der Waals surface area contributed by atoms with Gasteiger partial charge < -0.3 is 22.8 Å². The van der Waals surface area contributed by atoms with E-state index in [-0.39, 0.29) is 51.2 Å². The second-order valence-corrected chi connectivity index (χ2v) is 41.7. The zero-order valence-corrected chi connectivity index (χ0v) is 56.5. The molecule has 0 N–H and O–H groups in total. The summed E-state index contributed by atoms with van der Waals surface area (Å²) in [6, 6.07) is 42.2. The molecule has 0 unspecified atom stereocenters. The van der Waals surface area contributed by atoms with Crippen LogP contribution in [0.5, 0.6) is 0 Å². The Morgan fingerprint density at radius 1 is 0.684 bits per heavy atom. The van der Waals surface area contributed by atoms with E-state index in [0.29, 0.717) is 25.2 Å². The number of carbonyl (C=O) groups excluding carboxylic acids is 3. The average molecular weight is 1260 g/mol. The Balaban J connectivity index is 1.46. The van der Waals surface area contributed by atoms with Gasteiger partial charge in [0.05, 0.1) is 29.8 Å². The molecule has 4 aromatic carbocycles. The normalized spacial score (nSPS) is 19.2. The van der Waals surface area contributed by atoms with Gasteiger partial charge in [0.1, 0.15) is 6.42 Å². The molecule has 6 atom stereocenters. The van der Waals surface area contributed by atoms with Gasteiger partial charge in [0.25, 0.3) is 16.6 Å². The first kappa shape index (κ1) is 65.7. The molecule has 0 aliphatic heterocycles. The third-order valence-corrected chi connectivity index (χ3v) is 31.4. The summed E-state index contributed by atoms with van der Waals surface area (Å²) in [5.41, 5.74) is 0.537. The maximum atomic E-state index is 14.5. The number of ether oxygens (including phenoxy) is 2. The Morgan fingerprint density at radius 2 is 1.14 bits per heavy atom. The number of hydrogen-bond acceptors (Lipinski definition) is 8. The first-order chi connectivity index (χ1) is 36.8. The second kappa shape index (κ2) is 27.3. The molecule has 0 spiro atoms. The molecule has 13 heteroatoms. The zero-order valence-electron chi connectivity index (χ0n) is 50.3. The Bertz CT molecular complexity index is 2710. The van der Waals surface area contributed by atoms with E-state index in [9.17, 15) is 14.4 Å². The van der Waals surface area contributed by atoms with Crippen LogP contribution in [0.25, 0.3) is 0 Å². The molecule has 0 bridgehead atoms. The molecule has 4 aromatic rings. The highest BCUT2D eigenvalue weighted by Crippen LogP contribution is 2.45. The summed E-state index contributed by atoms with van der Waals surface area (Å²) in [6.07, 6.45) is 7.99. The molecule has 1 aliphatic rings. The number of ketones is 1. The maximum absolute atomic E-state index is 14.5. The number of allylic oxidation sites excluding steroid dienone is 2. The number of esters is 2. The van der Waals surface area contributed by atoms with Crippen LogP contribution >= 0.6 is 31.9 Å². The number of benzene rings is 4. The average Bonchev–Trinajstić information content (AvgIpc) is 3.51. The predicted molar refractivity (Wildman–Crippen MR) is 341 cm³/mol. The molecule has 0 radical (unpaired) electrons. The number of rotatable bonds is 23. The van der Waals surface area contributed by atoms with Gasteiger partial charge in [-0.05, 0) is 136 Å². The maximum Gasteiger partial charge on any atom is 0.351 e. The summed E-state index contributed by atoms with van der Waals surface area (Å²) in [6.45, 7) is 35.3. The Labute approximate surface area is 494 Å². The molecule has 0 heterocycles. The minimum absolute atomic E-state index is 0.00652. The standard InChI is InChI=1S/C66H90Br2O8Si3/c1-47(39-50(4)59(43-60(67)68)76-79(65(12,13)14,56-34-26-20-27-35-56)57-36-28-21-29-37-57)38-49(3)58(69)42-61(70)75-66(62(71)72-15)44-51(5)52(41-53(66)40-48(2)45-73-77(16,17)63(6,7)8)46-74-78(64(9,10)11,54-30-22-18-23-31-54)55-32-24-19-25-33-55/h18-38,40-41,43,47,50-51,53,59H,39,42,44-46H2,1-17H3/b48-40+,49-38+/t47-,50+,51-,53-,59-,66+/m1/s1. The topological polar surface area (TPSA) is 97.4 Å². The van der Waals surface area contributed by atoms with Crippen LogP contribution in [0.2, 0.25) is 28.2 Å². The smallest absolute Gasteiger partial charge is 0.351 e. The van der Waals surface area contributed by atoms with Crippen LogP contribution in [-0.2, 0) is 37.1 Å². The number of carbonyl (C=O) groups is 3. The van der Waals surface area contributed by atoms with Crippen molar-refractivity contribution in [3.63, 3.8) is 0 Å². The highest BCUT2D eigenvalue weighted by Gasteiger charge is 2.55. The third kappa shape index (κ3) is 15.7. The van der Waals surface area contributed by atoms with Crippen molar-refractivity contribution in [1.29, 1.82) is 0 Å². The molecule has 0 fully saturated rings. The van der Waals surface area contributed by atoms with Gasteiger partial charge in [0.2, 0.25) is 5.60 Å². The Morgan fingerprint density at radius 3 is 1.56 bits per heavy atom. The molecule has 79 heavy (non-hydrogen) atoms. The van der Waals surface area contributed by atoms with Gasteiger partial charge in [-0.3, -0.25) is 9.59 Å². The molecule has 5 rings (SSSR count). The summed E-state index contributed by atoms with van der Waals surface area (Å²) in [7, 11) is -6.76. The molecule has 1 aliphatic carbocycles. The van der Waals surface area contributed by atoms with E-state index in [1.165, 1.54) is 17.5 Å².